The van der Waals surface area contributed by atoms with Gasteiger partial charge in [-0.2, -0.15) is 0 Å². The first-order valence-corrected chi connectivity index (χ1v) is 8.63. The summed E-state index contributed by atoms with van der Waals surface area (Å²) in [4.78, 5) is 23.2. The molecule has 1 saturated heterocycles. The highest BCUT2D eigenvalue weighted by Crippen LogP contribution is 2.19. The average molecular weight is 345 g/mol. The second kappa shape index (κ2) is 8.22. The smallest absolute Gasteiger partial charge is 0.228 e. The van der Waals surface area contributed by atoms with Gasteiger partial charge in [0.15, 0.2) is 0 Å². The topological polar surface area (TPSA) is 58.1 Å². The highest BCUT2D eigenvalue weighted by molar-refractivity contribution is 6.30. The molecule has 0 atom stereocenters. The van der Waals surface area contributed by atoms with Crippen LogP contribution < -0.4 is 5.32 Å². The molecule has 0 spiro atoms. The van der Waals surface area contributed by atoms with Crippen LogP contribution >= 0.6 is 11.6 Å². The number of halogens is 1. The average Bonchev–Trinajstić information content (AvgIpc) is 2.63. The number of likely N-dealkylation sites (tertiary alicyclic amines) is 1. The number of hydrogen-bond donors (Lipinski definition) is 1. The lowest BCUT2D eigenvalue weighted by atomic mass is 9.95. The minimum Gasteiger partial charge on any atom is -0.310 e. The molecule has 0 aromatic carbocycles. The number of piperidine rings is 1. The maximum absolute atomic E-state index is 12.3. The van der Waals surface area contributed by atoms with Crippen LogP contribution in [0.5, 0.6) is 0 Å². The van der Waals surface area contributed by atoms with Gasteiger partial charge in [-0.15, -0.1) is 0 Å². The molecule has 3 rings (SSSR count). The van der Waals surface area contributed by atoms with E-state index in [9.17, 15) is 4.79 Å². The number of amides is 1. The van der Waals surface area contributed by atoms with Crippen molar-refractivity contribution >= 4 is 23.3 Å². The van der Waals surface area contributed by atoms with Crippen molar-refractivity contribution in [1.82, 2.24) is 14.9 Å². The van der Waals surface area contributed by atoms with Crippen LogP contribution in [0.25, 0.3) is 0 Å². The molecule has 1 fully saturated rings. The van der Waals surface area contributed by atoms with E-state index in [0.717, 1.165) is 44.6 Å². The molecule has 24 heavy (non-hydrogen) atoms. The minimum absolute atomic E-state index is 0.0496. The number of anilines is 1. The Balaban J connectivity index is 1.42. The van der Waals surface area contributed by atoms with Crippen LogP contribution in [0.3, 0.4) is 0 Å². The number of nitrogens with one attached hydrogen (secondary N) is 1. The van der Waals surface area contributed by atoms with Crippen LogP contribution in [0.2, 0.25) is 5.02 Å². The molecule has 1 aliphatic heterocycles. The van der Waals surface area contributed by atoms with Gasteiger partial charge in [-0.3, -0.25) is 9.78 Å². The highest BCUT2D eigenvalue weighted by atomic mass is 35.5. The van der Waals surface area contributed by atoms with Crippen LogP contribution in [-0.4, -0.2) is 40.4 Å². The first-order valence-electron chi connectivity index (χ1n) is 8.25. The van der Waals surface area contributed by atoms with E-state index >= 15 is 0 Å². The third-order valence-electron chi connectivity index (χ3n) is 4.35. The monoisotopic (exact) mass is 344 g/mol. The normalized spacial score (nSPS) is 16.0. The lowest BCUT2D eigenvalue weighted by Crippen LogP contribution is -2.39. The maximum atomic E-state index is 12.3. The lowest BCUT2D eigenvalue weighted by molar-refractivity contribution is -0.121. The summed E-state index contributed by atoms with van der Waals surface area (Å²) in [7, 11) is 0. The SMILES string of the molecule is O=C(Nc1ccc(Cl)cn1)C1CCN(CCc2ccccn2)CC1. The summed E-state index contributed by atoms with van der Waals surface area (Å²) in [6, 6.07) is 9.46. The fraction of sp³-hybridized carbons (Fsp3) is 0.389. The first-order chi connectivity index (χ1) is 11.7. The summed E-state index contributed by atoms with van der Waals surface area (Å²) in [6.07, 6.45) is 6.07. The van der Waals surface area contributed by atoms with Crippen molar-refractivity contribution in [2.24, 2.45) is 5.92 Å². The Kier molecular flexibility index (Phi) is 5.77. The minimum atomic E-state index is 0.0496. The molecule has 1 amide bonds. The Labute approximate surface area is 147 Å². The van der Waals surface area contributed by atoms with Crippen molar-refractivity contribution in [2.75, 3.05) is 25.0 Å². The summed E-state index contributed by atoms with van der Waals surface area (Å²) in [5, 5.41) is 3.44. The Morgan fingerprint density at radius 1 is 1.21 bits per heavy atom. The third kappa shape index (κ3) is 4.76. The lowest BCUT2D eigenvalue weighted by Gasteiger charge is -2.31. The number of hydrogen-bond acceptors (Lipinski definition) is 4. The fourth-order valence-corrected chi connectivity index (χ4v) is 3.03. The second-order valence-electron chi connectivity index (χ2n) is 6.04. The molecule has 2 aromatic heterocycles. The number of pyridine rings is 2. The predicted molar refractivity (Wildman–Crippen MR) is 95.0 cm³/mol. The molecule has 3 heterocycles. The van der Waals surface area contributed by atoms with E-state index in [1.54, 1.807) is 12.1 Å². The highest BCUT2D eigenvalue weighted by Gasteiger charge is 2.25. The Bertz CT molecular complexity index is 654. The number of aromatic nitrogens is 2. The molecule has 1 N–H and O–H groups in total. The number of rotatable bonds is 5. The first kappa shape index (κ1) is 16.9. The van der Waals surface area contributed by atoms with Crippen molar-refractivity contribution < 1.29 is 4.79 Å². The van der Waals surface area contributed by atoms with Gasteiger partial charge in [0.25, 0.3) is 0 Å². The van der Waals surface area contributed by atoms with Crippen LogP contribution in [0, 0.1) is 5.92 Å². The zero-order valence-electron chi connectivity index (χ0n) is 13.5. The van der Waals surface area contributed by atoms with Crippen molar-refractivity contribution in [1.29, 1.82) is 0 Å². The van der Waals surface area contributed by atoms with Crippen LogP contribution in [0.15, 0.2) is 42.7 Å². The Morgan fingerprint density at radius 3 is 2.71 bits per heavy atom. The summed E-state index contributed by atoms with van der Waals surface area (Å²) in [5.41, 5.74) is 1.12. The molecular formula is C18H21ClN4O. The van der Waals surface area contributed by atoms with Gasteiger partial charge in [-0.05, 0) is 50.2 Å². The molecule has 6 heteroatoms. The zero-order valence-corrected chi connectivity index (χ0v) is 14.2. The summed E-state index contributed by atoms with van der Waals surface area (Å²) in [5.74, 6) is 0.657. The third-order valence-corrected chi connectivity index (χ3v) is 4.57. The number of nitrogens with zero attached hydrogens (tertiary/aromatic N) is 3. The largest absolute Gasteiger partial charge is 0.310 e. The molecule has 2 aromatic rings. The van der Waals surface area contributed by atoms with Crippen molar-refractivity contribution in [3.8, 4) is 0 Å². The molecule has 0 radical (unpaired) electrons. The van der Waals surface area contributed by atoms with Gasteiger partial charge in [-0.25, -0.2) is 4.98 Å². The van der Waals surface area contributed by atoms with Crippen LogP contribution in [-0.2, 0) is 11.2 Å². The van der Waals surface area contributed by atoms with Crippen molar-refractivity contribution in [3.05, 3.63) is 53.4 Å². The Hall–Kier alpha value is -1.98. The van der Waals surface area contributed by atoms with Gasteiger partial charge >= 0.3 is 0 Å². The van der Waals surface area contributed by atoms with E-state index < -0.39 is 0 Å². The van der Waals surface area contributed by atoms with E-state index in [2.05, 4.69) is 26.3 Å². The number of carbonyl (C=O) groups excluding carboxylic acids is 1. The quantitative estimate of drug-likeness (QED) is 0.905. The van der Waals surface area contributed by atoms with E-state index in [1.165, 1.54) is 6.20 Å². The maximum Gasteiger partial charge on any atom is 0.228 e. The summed E-state index contributed by atoms with van der Waals surface area (Å²) >= 11 is 5.80. The van der Waals surface area contributed by atoms with Gasteiger partial charge < -0.3 is 10.2 Å². The summed E-state index contributed by atoms with van der Waals surface area (Å²) in [6.45, 7) is 2.88. The van der Waals surface area contributed by atoms with Crippen LogP contribution in [0.1, 0.15) is 18.5 Å². The molecule has 1 aliphatic rings. The predicted octanol–water partition coefficient (Wildman–Crippen LogP) is 3.02. The molecule has 0 unspecified atom stereocenters. The molecule has 0 aliphatic carbocycles. The van der Waals surface area contributed by atoms with Crippen molar-refractivity contribution in [2.45, 2.75) is 19.3 Å². The molecule has 126 valence electrons. The van der Waals surface area contributed by atoms with Crippen LogP contribution in [0.4, 0.5) is 5.82 Å². The van der Waals surface area contributed by atoms with E-state index in [4.69, 9.17) is 11.6 Å². The second-order valence-corrected chi connectivity index (χ2v) is 6.47. The van der Waals surface area contributed by atoms with Gasteiger partial charge in [0, 0.05) is 37.0 Å². The van der Waals surface area contributed by atoms with E-state index in [1.807, 2.05) is 18.3 Å². The molecule has 0 bridgehead atoms. The molecule has 5 nitrogen and oxygen atoms in total. The standard InChI is InChI=1S/C18H21ClN4O/c19-15-4-5-17(21-13-15)22-18(24)14-6-10-23(11-7-14)12-8-16-3-1-2-9-20-16/h1-5,9,13-14H,6-8,10-12H2,(H,21,22,24). The fourth-order valence-electron chi connectivity index (χ4n) is 2.92. The van der Waals surface area contributed by atoms with Gasteiger partial charge in [0.2, 0.25) is 5.91 Å². The molecule has 0 saturated carbocycles. The number of carbonyl (C=O) groups is 1. The van der Waals surface area contributed by atoms with E-state index in [0.29, 0.717) is 10.8 Å². The summed E-state index contributed by atoms with van der Waals surface area (Å²) < 4.78 is 0. The zero-order chi connectivity index (χ0) is 16.8. The van der Waals surface area contributed by atoms with Gasteiger partial charge in [0.1, 0.15) is 5.82 Å². The van der Waals surface area contributed by atoms with Gasteiger partial charge in [-0.1, -0.05) is 17.7 Å². The van der Waals surface area contributed by atoms with Gasteiger partial charge in [0.05, 0.1) is 5.02 Å². The van der Waals surface area contributed by atoms with E-state index in [-0.39, 0.29) is 11.8 Å². The van der Waals surface area contributed by atoms with Crippen molar-refractivity contribution in [3.63, 3.8) is 0 Å². The molecular weight excluding hydrogens is 324 g/mol. The Morgan fingerprint density at radius 2 is 2.04 bits per heavy atom.